The monoisotopic (exact) mass is 280 g/mol. The molecule has 1 heterocycles. The summed E-state index contributed by atoms with van der Waals surface area (Å²) in [4.78, 5) is 13.7. The van der Waals surface area contributed by atoms with Crippen molar-refractivity contribution in [3.63, 3.8) is 0 Å². The van der Waals surface area contributed by atoms with E-state index in [0.29, 0.717) is 12.1 Å². The van der Waals surface area contributed by atoms with Crippen LogP contribution in [-0.4, -0.2) is 23.1 Å². The number of hydrogen-bond donors (Lipinski definition) is 0. The third-order valence-electron chi connectivity index (χ3n) is 2.88. The highest BCUT2D eigenvalue weighted by Gasteiger charge is 2.24. The van der Waals surface area contributed by atoms with Crippen LogP contribution in [0.5, 0.6) is 0 Å². The van der Waals surface area contributed by atoms with Gasteiger partial charge in [-0.25, -0.2) is 4.79 Å². The lowest BCUT2D eigenvalue weighted by atomic mass is 10.0. The summed E-state index contributed by atoms with van der Waals surface area (Å²) in [7, 11) is 0. The van der Waals surface area contributed by atoms with E-state index in [1.165, 1.54) is 4.90 Å². The van der Waals surface area contributed by atoms with E-state index >= 15 is 0 Å². The van der Waals surface area contributed by atoms with E-state index < -0.39 is 11.7 Å². The number of ether oxygens (including phenoxy) is 1. The molecular weight excluding hydrogens is 262 g/mol. The lowest BCUT2D eigenvalue weighted by molar-refractivity contribution is 0.0352. The molecule has 21 heavy (non-hydrogen) atoms. The second kappa shape index (κ2) is 5.88. The fourth-order valence-electron chi connectivity index (χ4n) is 2.00. The van der Waals surface area contributed by atoms with E-state index in [-0.39, 0.29) is 0 Å². The molecule has 0 aliphatic carbocycles. The van der Waals surface area contributed by atoms with E-state index in [1.54, 1.807) is 6.20 Å². The molecule has 3 heteroatoms. The Kier molecular flexibility index (Phi) is 4.18. The number of benzene rings is 1. The number of hydrogen-bond acceptors (Lipinski definition) is 2. The minimum Gasteiger partial charge on any atom is -0.443 e. The SMILES string of the molecule is [C]#CC1=CN(C(=O)OC(C)(C)C)CC(c2ccccc2)=C1. The number of amides is 1. The molecule has 0 unspecified atom stereocenters. The van der Waals surface area contributed by atoms with Crippen LogP contribution < -0.4 is 0 Å². The molecule has 0 fully saturated rings. The van der Waals surface area contributed by atoms with Crippen molar-refractivity contribution in [1.29, 1.82) is 0 Å². The van der Waals surface area contributed by atoms with Gasteiger partial charge in [0.05, 0.1) is 6.54 Å². The van der Waals surface area contributed by atoms with Crippen LogP contribution in [0.25, 0.3) is 5.57 Å². The van der Waals surface area contributed by atoms with Crippen LogP contribution in [0.2, 0.25) is 0 Å². The standard InChI is InChI=1S/C18H18NO2/c1-5-14-11-16(15-9-7-6-8-10-15)13-19(12-14)17(20)21-18(2,3)4/h6-12H,13H2,2-4H3. The van der Waals surface area contributed by atoms with Gasteiger partial charge in [0.2, 0.25) is 0 Å². The van der Waals surface area contributed by atoms with Crippen LogP contribution in [0, 0.1) is 12.3 Å². The van der Waals surface area contributed by atoms with Gasteiger partial charge in [0.25, 0.3) is 0 Å². The predicted molar refractivity (Wildman–Crippen MR) is 82.6 cm³/mol. The molecule has 0 atom stereocenters. The Morgan fingerprint density at radius 2 is 1.95 bits per heavy atom. The van der Waals surface area contributed by atoms with Crippen molar-refractivity contribution < 1.29 is 9.53 Å². The van der Waals surface area contributed by atoms with E-state index in [4.69, 9.17) is 11.2 Å². The van der Waals surface area contributed by atoms with E-state index in [1.807, 2.05) is 57.2 Å². The maximum absolute atomic E-state index is 12.2. The van der Waals surface area contributed by atoms with Gasteiger partial charge in [-0.3, -0.25) is 4.90 Å². The molecule has 0 saturated carbocycles. The lowest BCUT2D eigenvalue weighted by Gasteiger charge is -2.28. The maximum Gasteiger partial charge on any atom is 0.414 e. The molecule has 0 bridgehead atoms. The van der Waals surface area contributed by atoms with Crippen LogP contribution >= 0.6 is 0 Å². The van der Waals surface area contributed by atoms with E-state index in [0.717, 1.165) is 11.1 Å². The number of rotatable bonds is 1. The third kappa shape index (κ3) is 4.00. The molecule has 3 nitrogen and oxygen atoms in total. The van der Waals surface area contributed by atoms with Crippen LogP contribution in [0.4, 0.5) is 4.79 Å². The van der Waals surface area contributed by atoms with Gasteiger partial charge in [0.1, 0.15) is 5.60 Å². The molecule has 1 amide bonds. The van der Waals surface area contributed by atoms with Crippen LogP contribution in [0.3, 0.4) is 0 Å². The molecule has 2 rings (SSSR count). The normalized spacial score (nSPS) is 14.9. The number of allylic oxidation sites excluding steroid dienone is 2. The zero-order valence-electron chi connectivity index (χ0n) is 12.5. The Labute approximate surface area is 125 Å². The van der Waals surface area contributed by atoms with Crippen LogP contribution in [0.15, 0.2) is 48.2 Å². The zero-order chi connectivity index (χ0) is 15.5. The fraction of sp³-hybridized carbons (Fsp3) is 0.278. The Hall–Kier alpha value is -2.47. The maximum atomic E-state index is 12.2. The van der Waals surface area contributed by atoms with Gasteiger partial charge < -0.3 is 4.74 Å². The summed E-state index contributed by atoms with van der Waals surface area (Å²) >= 11 is 0. The molecule has 0 saturated heterocycles. The first-order chi connectivity index (χ1) is 9.89. The van der Waals surface area contributed by atoms with Crippen LogP contribution in [-0.2, 0) is 4.74 Å². The zero-order valence-corrected chi connectivity index (χ0v) is 12.5. The highest BCUT2D eigenvalue weighted by atomic mass is 16.6. The van der Waals surface area contributed by atoms with Gasteiger partial charge in [-0.1, -0.05) is 36.3 Å². The second-order valence-electron chi connectivity index (χ2n) is 5.85. The summed E-state index contributed by atoms with van der Waals surface area (Å²) in [5.74, 6) is 2.34. The van der Waals surface area contributed by atoms with Crippen molar-refractivity contribution in [1.82, 2.24) is 4.90 Å². The quantitative estimate of drug-likeness (QED) is 0.732. The van der Waals surface area contributed by atoms with Gasteiger partial charge in [0, 0.05) is 11.8 Å². The Morgan fingerprint density at radius 3 is 2.52 bits per heavy atom. The van der Waals surface area contributed by atoms with Crippen LogP contribution in [0.1, 0.15) is 26.3 Å². The molecule has 0 spiro atoms. The molecule has 107 valence electrons. The van der Waals surface area contributed by atoms with Gasteiger partial charge in [-0.2, -0.15) is 0 Å². The van der Waals surface area contributed by atoms with Crippen molar-refractivity contribution in [3.05, 3.63) is 60.2 Å². The summed E-state index contributed by atoms with van der Waals surface area (Å²) in [6.45, 7) is 5.91. The van der Waals surface area contributed by atoms with Gasteiger partial charge in [-0.15, -0.1) is 0 Å². The summed E-state index contributed by atoms with van der Waals surface area (Å²) in [6.07, 6.45) is 10.4. The van der Waals surface area contributed by atoms with Crippen molar-refractivity contribution >= 4 is 11.7 Å². The number of nitrogens with zero attached hydrogens (tertiary/aromatic N) is 1. The highest BCUT2D eigenvalue weighted by Crippen LogP contribution is 2.24. The van der Waals surface area contributed by atoms with Gasteiger partial charge in [-0.05, 0) is 44.4 Å². The average molecular weight is 280 g/mol. The highest BCUT2D eigenvalue weighted by molar-refractivity contribution is 5.79. The topological polar surface area (TPSA) is 29.5 Å². The van der Waals surface area contributed by atoms with Gasteiger partial charge in [0.15, 0.2) is 0 Å². The van der Waals surface area contributed by atoms with Crippen molar-refractivity contribution in [2.75, 3.05) is 6.54 Å². The molecular formula is C18H18NO2. The smallest absolute Gasteiger partial charge is 0.414 e. The van der Waals surface area contributed by atoms with Gasteiger partial charge >= 0.3 is 6.09 Å². The molecule has 1 aliphatic rings. The first-order valence-corrected chi connectivity index (χ1v) is 6.79. The van der Waals surface area contributed by atoms with Crippen molar-refractivity contribution in [2.45, 2.75) is 26.4 Å². The Morgan fingerprint density at radius 1 is 1.29 bits per heavy atom. The average Bonchev–Trinajstić information content (AvgIpc) is 2.46. The minimum atomic E-state index is -0.548. The van der Waals surface area contributed by atoms with E-state index in [2.05, 4.69) is 5.92 Å². The number of carbonyl (C=O) groups excluding carboxylic acids is 1. The van der Waals surface area contributed by atoms with Crippen molar-refractivity contribution in [2.24, 2.45) is 0 Å². The Bertz CT molecular complexity index is 627. The molecule has 0 N–H and O–H groups in total. The Balaban J connectivity index is 2.25. The number of carbonyl (C=O) groups is 1. The second-order valence-corrected chi connectivity index (χ2v) is 5.85. The molecule has 1 radical (unpaired) electrons. The largest absolute Gasteiger partial charge is 0.443 e. The molecule has 0 aromatic heterocycles. The molecule has 1 aromatic rings. The summed E-state index contributed by atoms with van der Waals surface area (Å²) in [5.41, 5.74) is 1.98. The summed E-state index contributed by atoms with van der Waals surface area (Å²) in [5, 5.41) is 0. The minimum absolute atomic E-state index is 0.420. The first-order valence-electron chi connectivity index (χ1n) is 6.79. The fourth-order valence-corrected chi connectivity index (χ4v) is 2.00. The summed E-state index contributed by atoms with van der Waals surface area (Å²) in [6, 6.07) is 9.79. The van der Waals surface area contributed by atoms with E-state index in [9.17, 15) is 4.79 Å². The summed E-state index contributed by atoms with van der Waals surface area (Å²) < 4.78 is 5.38. The predicted octanol–water partition coefficient (Wildman–Crippen LogP) is 3.79. The molecule has 1 aliphatic heterocycles. The first kappa shape index (κ1) is 14.9. The lowest BCUT2D eigenvalue weighted by Crippen LogP contribution is -2.35. The third-order valence-corrected chi connectivity index (χ3v) is 2.88. The molecule has 1 aromatic carbocycles. The van der Waals surface area contributed by atoms with Crippen molar-refractivity contribution in [3.8, 4) is 5.92 Å².